The van der Waals surface area contributed by atoms with Crippen LogP contribution in [0, 0.1) is 0 Å². The van der Waals surface area contributed by atoms with E-state index in [1.165, 1.54) is 26.4 Å². The Bertz CT molecular complexity index is 1070. The number of nitrogens with one attached hydrogen (secondary N) is 2. The summed E-state index contributed by atoms with van der Waals surface area (Å²) in [5.41, 5.74) is 1.86. The van der Waals surface area contributed by atoms with Gasteiger partial charge < -0.3 is 19.5 Å². The van der Waals surface area contributed by atoms with Crippen LogP contribution in [-0.2, 0) is 9.53 Å². The van der Waals surface area contributed by atoms with Crippen LogP contribution in [0.1, 0.15) is 10.5 Å². The van der Waals surface area contributed by atoms with E-state index in [1.54, 1.807) is 6.07 Å². The molecule has 0 aliphatic carbocycles. The van der Waals surface area contributed by atoms with Crippen LogP contribution in [0.25, 0.3) is 11.3 Å². The lowest BCUT2D eigenvalue weighted by Crippen LogP contribution is -2.21. The van der Waals surface area contributed by atoms with E-state index in [2.05, 4.69) is 31.4 Å². The molecule has 2 aromatic carbocycles. The molecule has 0 spiro atoms. The van der Waals surface area contributed by atoms with Crippen LogP contribution in [0.2, 0.25) is 5.02 Å². The molecule has 0 aliphatic heterocycles. The van der Waals surface area contributed by atoms with Crippen molar-refractivity contribution < 1.29 is 23.8 Å². The van der Waals surface area contributed by atoms with Gasteiger partial charge in [-0.3, -0.25) is 9.89 Å². The third kappa shape index (κ3) is 5.11. The first kappa shape index (κ1) is 21.7. The number of aromatic nitrogens is 2. The van der Waals surface area contributed by atoms with Gasteiger partial charge in [-0.15, -0.1) is 0 Å². The summed E-state index contributed by atoms with van der Waals surface area (Å²) >= 11 is 9.44. The number of rotatable bonds is 7. The molecule has 0 aliphatic rings. The van der Waals surface area contributed by atoms with Gasteiger partial charge in [-0.2, -0.15) is 5.10 Å². The van der Waals surface area contributed by atoms with Crippen LogP contribution in [0.5, 0.6) is 11.5 Å². The molecule has 156 valence electrons. The number of hydrogen-bond acceptors (Lipinski definition) is 6. The third-order valence-electron chi connectivity index (χ3n) is 4.02. The average Bonchev–Trinajstić information content (AvgIpc) is 3.23. The Labute approximate surface area is 185 Å². The molecule has 3 rings (SSSR count). The fourth-order valence-corrected chi connectivity index (χ4v) is 3.05. The molecule has 30 heavy (non-hydrogen) atoms. The lowest BCUT2D eigenvalue weighted by atomic mass is 10.1. The van der Waals surface area contributed by atoms with Crippen LogP contribution >= 0.6 is 27.5 Å². The Morgan fingerprint density at radius 1 is 1.10 bits per heavy atom. The number of amides is 1. The summed E-state index contributed by atoms with van der Waals surface area (Å²) in [7, 11) is 2.91. The average molecular weight is 495 g/mol. The first-order valence-electron chi connectivity index (χ1n) is 8.61. The van der Waals surface area contributed by atoms with E-state index in [0.29, 0.717) is 27.9 Å². The van der Waals surface area contributed by atoms with E-state index < -0.39 is 18.5 Å². The highest BCUT2D eigenvalue weighted by Gasteiger charge is 2.16. The fourth-order valence-electron chi connectivity index (χ4n) is 2.55. The van der Waals surface area contributed by atoms with Crippen LogP contribution < -0.4 is 14.8 Å². The number of nitrogens with zero attached hydrogens (tertiary/aromatic N) is 1. The smallest absolute Gasteiger partial charge is 0.356 e. The Hall–Kier alpha value is -3.04. The molecule has 10 heteroatoms. The van der Waals surface area contributed by atoms with Gasteiger partial charge in [0.25, 0.3) is 5.91 Å². The number of benzene rings is 2. The molecule has 2 N–H and O–H groups in total. The summed E-state index contributed by atoms with van der Waals surface area (Å²) in [4.78, 5) is 24.4. The van der Waals surface area contributed by atoms with Crippen molar-refractivity contribution in [1.29, 1.82) is 0 Å². The summed E-state index contributed by atoms with van der Waals surface area (Å²) in [5, 5.41) is 9.59. The van der Waals surface area contributed by atoms with Crippen molar-refractivity contribution >= 4 is 45.1 Å². The van der Waals surface area contributed by atoms with Crippen molar-refractivity contribution in [3.05, 3.63) is 57.7 Å². The van der Waals surface area contributed by atoms with Crippen molar-refractivity contribution in [3.63, 3.8) is 0 Å². The summed E-state index contributed by atoms with van der Waals surface area (Å²) in [6.07, 6.45) is 0. The molecule has 1 aromatic heterocycles. The number of hydrogen-bond donors (Lipinski definition) is 2. The largest absolute Gasteiger partial charge is 0.495 e. The van der Waals surface area contributed by atoms with Gasteiger partial charge >= 0.3 is 5.97 Å². The zero-order valence-electron chi connectivity index (χ0n) is 16.0. The SMILES string of the molecule is COc1cc(OC)c(NC(=O)COC(=O)c2cc(-c3ccc(Br)cc3)n[nH]2)cc1Cl. The summed E-state index contributed by atoms with van der Waals surface area (Å²) < 4.78 is 16.3. The summed E-state index contributed by atoms with van der Waals surface area (Å²) in [6, 6.07) is 12.0. The molecular formula is C20H17BrClN3O5. The highest BCUT2D eigenvalue weighted by atomic mass is 79.9. The quantitative estimate of drug-likeness (QED) is 0.475. The molecule has 0 bridgehead atoms. The number of methoxy groups -OCH3 is 2. The summed E-state index contributed by atoms with van der Waals surface area (Å²) in [5.74, 6) is -0.515. The van der Waals surface area contributed by atoms with Crippen LogP contribution in [0.4, 0.5) is 5.69 Å². The van der Waals surface area contributed by atoms with Crippen LogP contribution in [0.15, 0.2) is 46.9 Å². The van der Waals surface area contributed by atoms with Crippen LogP contribution in [-0.4, -0.2) is 42.9 Å². The van der Waals surface area contributed by atoms with E-state index in [-0.39, 0.29) is 5.69 Å². The van der Waals surface area contributed by atoms with Gasteiger partial charge in [0.1, 0.15) is 17.2 Å². The Balaban J connectivity index is 1.61. The first-order chi connectivity index (χ1) is 14.4. The number of esters is 1. The van der Waals surface area contributed by atoms with Crippen LogP contribution in [0.3, 0.4) is 0 Å². The molecule has 1 heterocycles. The zero-order valence-corrected chi connectivity index (χ0v) is 18.3. The second kappa shape index (κ2) is 9.64. The number of carbonyl (C=O) groups is 2. The Kier molecular flexibility index (Phi) is 6.96. The minimum Gasteiger partial charge on any atom is -0.495 e. The number of carbonyl (C=O) groups excluding carboxylic acids is 2. The second-order valence-electron chi connectivity index (χ2n) is 5.99. The van der Waals surface area contributed by atoms with E-state index in [9.17, 15) is 9.59 Å². The maximum absolute atomic E-state index is 12.2. The predicted octanol–water partition coefficient (Wildman–Crippen LogP) is 4.31. The van der Waals surface area contributed by atoms with E-state index in [0.717, 1.165) is 10.0 Å². The minimum atomic E-state index is -0.708. The van der Waals surface area contributed by atoms with Crippen molar-refractivity contribution in [1.82, 2.24) is 10.2 Å². The maximum atomic E-state index is 12.2. The lowest BCUT2D eigenvalue weighted by molar-refractivity contribution is -0.119. The zero-order chi connectivity index (χ0) is 21.7. The molecule has 0 saturated heterocycles. The van der Waals surface area contributed by atoms with Gasteiger partial charge in [-0.25, -0.2) is 4.79 Å². The van der Waals surface area contributed by atoms with Gasteiger partial charge in [-0.1, -0.05) is 39.7 Å². The van der Waals surface area contributed by atoms with E-state index in [1.807, 2.05) is 24.3 Å². The molecular weight excluding hydrogens is 478 g/mol. The second-order valence-corrected chi connectivity index (χ2v) is 7.31. The monoisotopic (exact) mass is 493 g/mol. The normalized spacial score (nSPS) is 10.4. The van der Waals surface area contributed by atoms with E-state index >= 15 is 0 Å². The third-order valence-corrected chi connectivity index (χ3v) is 4.84. The summed E-state index contributed by atoms with van der Waals surface area (Å²) in [6.45, 7) is -0.502. The first-order valence-corrected chi connectivity index (χ1v) is 9.78. The molecule has 3 aromatic rings. The van der Waals surface area contributed by atoms with Crippen molar-refractivity contribution in [2.75, 3.05) is 26.1 Å². The molecule has 0 atom stereocenters. The number of halogens is 2. The topological polar surface area (TPSA) is 103 Å². The molecule has 0 saturated carbocycles. The van der Waals surface area contributed by atoms with Gasteiger partial charge in [0.2, 0.25) is 0 Å². The Morgan fingerprint density at radius 3 is 2.47 bits per heavy atom. The van der Waals surface area contributed by atoms with Gasteiger partial charge in [-0.05, 0) is 24.3 Å². The number of ether oxygens (including phenoxy) is 3. The molecule has 1 amide bonds. The number of aromatic amines is 1. The Morgan fingerprint density at radius 2 is 1.80 bits per heavy atom. The highest BCUT2D eigenvalue weighted by molar-refractivity contribution is 9.10. The number of anilines is 1. The van der Waals surface area contributed by atoms with Gasteiger partial charge in [0.15, 0.2) is 6.61 Å². The van der Waals surface area contributed by atoms with Crippen molar-refractivity contribution in [2.24, 2.45) is 0 Å². The standard InChI is InChI=1S/C20H17BrClN3O5/c1-28-17-9-18(29-2)15(7-13(17)22)23-19(26)10-30-20(27)16-8-14(24-25-16)11-3-5-12(21)6-4-11/h3-9H,10H2,1-2H3,(H,23,26)(H,24,25). The molecule has 0 fully saturated rings. The number of H-pyrrole nitrogens is 1. The van der Waals surface area contributed by atoms with Crippen molar-refractivity contribution in [2.45, 2.75) is 0 Å². The fraction of sp³-hybridized carbons (Fsp3) is 0.150. The lowest BCUT2D eigenvalue weighted by Gasteiger charge is -2.13. The minimum absolute atomic E-state index is 0.130. The molecule has 0 radical (unpaired) electrons. The van der Waals surface area contributed by atoms with Crippen molar-refractivity contribution in [3.8, 4) is 22.8 Å². The molecule has 8 nitrogen and oxygen atoms in total. The highest BCUT2D eigenvalue weighted by Crippen LogP contribution is 2.35. The maximum Gasteiger partial charge on any atom is 0.356 e. The van der Waals surface area contributed by atoms with Gasteiger partial charge in [0.05, 0.1) is 30.6 Å². The van der Waals surface area contributed by atoms with Gasteiger partial charge in [0, 0.05) is 16.1 Å². The predicted molar refractivity (Wildman–Crippen MR) is 115 cm³/mol. The van der Waals surface area contributed by atoms with E-state index in [4.69, 9.17) is 25.8 Å². The molecule has 0 unspecified atom stereocenters.